The molecule has 0 atom stereocenters. The van der Waals surface area contributed by atoms with Gasteiger partial charge in [0.25, 0.3) is 5.69 Å². The number of hydrogen-bond acceptors (Lipinski definition) is 5. The van der Waals surface area contributed by atoms with Crippen LogP contribution >= 0.6 is 0 Å². The molecular formula is C18H17N5O2. The zero-order valence-electron chi connectivity index (χ0n) is 14.0. The van der Waals surface area contributed by atoms with Gasteiger partial charge in [-0.15, -0.1) is 0 Å². The van der Waals surface area contributed by atoms with Gasteiger partial charge in [-0.2, -0.15) is 0 Å². The number of nitro benzene ring substituents is 1. The molecule has 0 saturated heterocycles. The van der Waals surface area contributed by atoms with Crippen LogP contribution in [-0.4, -0.2) is 45.0 Å². The van der Waals surface area contributed by atoms with Gasteiger partial charge in [0.15, 0.2) is 5.65 Å². The average Bonchev–Trinajstić information content (AvgIpc) is 2.90. The van der Waals surface area contributed by atoms with Gasteiger partial charge in [0.1, 0.15) is 5.52 Å². The van der Waals surface area contributed by atoms with Crippen molar-refractivity contribution in [2.24, 2.45) is 0 Å². The SMILES string of the molecule is CN(C)CCn1c2ccc([N+](=O)[O-])cc2c2nc3ccccc3nc21. The van der Waals surface area contributed by atoms with Crippen molar-refractivity contribution in [3.63, 3.8) is 0 Å². The highest BCUT2D eigenvalue weighted by atomic mass is 16.6. The number of benzene rings is 2. The van der Waals surface area contributed by atoms with Crippen LogP contribution in [0, 0.1) is 10.1 Å². The molecule has 2 aromatic carbocycles. The Balaban J connectivity index is 2.07. The van der Waals surface area contributed by atoms with Gasteiger partial charge in [0.05, 0.1) is 21.5 Å². The second-order valence-corrected chi connectivity index (χ2v) is 6.30. The minimum atomic E-state index is -0.378. The maximum absolute atomic E-state index is 11.2. The molecule has 0 aliphatic heterocycles. The molecule has 0 spiro atoms. The van der Waals surface area contributed by atoms with Crippen molar-refractivity contribution in [3.05, 3.63) is 52.6 Å². The predicted molar refractivity (Wildman–Crippen MR) is 97.7 cm³/mol. The Labute approximate surface area is 143 Å². The van der Waals surface area contributed by atoms with Gasteiger partial charge < -0.3 is 9.47 Å². The lowest BCUT2D eigenvalue weighted by Crippen LogP contribution is -2.18. The summed E-state index contributed by atoms with van der Waals surface area (Å²) < 4.78 is 2.09. The van der Waals surface area contributed by atoms with E-state index in [9.17, 15) is 10.1 Å². The van der Waals surface area contributed by atoms with E-state index in [4.69, 9.17) is 9.97 Å². The number of nitrogens with zero attached hydrogens (tertiary/aromatic N) is 5. The number of aromatic nitrogens is 3. The van der Waals surface area contributed by atoms with Gasteiger partial charge in [-0.1, -0.05) is 12.1 Å². The summed E-state index contributed by atoms with van der Waals surface area (Å²) in [6.45, 7) is 1.57. The quantitative estimate of drug-likeness (QED) is 0.423. The smallest absolute Gasteiger partial charge is 0.270 e. The predicted octanol–water partition coefficient (Wildman–Crippen LogP) is 3.21. The minimum Gasteiger partial charge on any atom is -0.323 e. The summed E-state index contributed by atoms with van der Waals surface area (Å²) >= 11 is 0. The van der Waals surface area contributed by atoms with E-state index in [1.54, 1.807) is 12.1 Å². The topological polar surface area (TPSA) is 77.1 Å². The minimum absolute atomic E-state index is 0.0640. The molecule has 0 radical (unpaired) electrons. The van der Waals surface area contributed by atoms with Crippen LogP contribution in [0.2, 0.25) is 0 Å². The van der Waals surface area contributed by atoms with Gasteiger partial charge >= 0.3 is 0 Å². The Morgan fingerprint density at radius 3 is 2.52 bits per heavy atom. The second-order valence-electron chi connectivity index (χ2n) is 6.30. The molecule has 25 heavy (non-hydrogen) atoms. The molecule has 0 saturated carbocycles. The fraction of sp³-hybridized carbons (Fsp3) is 0.222. The van der Waals surface area contributed by atoms with E-state index in [0.717, 1.165) is 40.7 Å². The number of rotatable bonds is 4. The standard InChI is InChI=1S/C18H17N5O2/c1-21(2)9-10-22-16-8-7-12(23(24)25)11-13(16)17-18(22)20-15-6-4-3-5-14(15)19-17/h3-8,11H,9-10H2,1-2H3. The summed E-state index contributed by atoms with van der Waals surface area (Å²) in [5.41, 5.74) is 4.05. The number of likely N-dealkylation sites (N-methyl/N-ethyl adjacent to an activating group) is 1. The van der Waals surface area contributed by atoms with E-state index in [1.165, 1.54) is 6.07 Å². The molecule has 4 rings (SSSR count). The Bertz CT molecular complexity index is 1120. The Hall–Kier alpha value is -3.06. The third-order valence-electron chi connectivity index (χ3n) is 4.32. The largest absolute Gasteiger partial charge is 0.323 e. The third kappa shape index (κ3) is 2.58. The van der Waals surface area contributed by atoms with E-state index in [0.29, 0.717) is 5.52 Å². The van der Waals surface area contributed by atoms with E-state index in [-0.39, 0.29) is 10.6 Å². The summed E-state index contributed by atoms with van der Waals surface area (Å²) in [4.78, 5) is 22.4. The zero-order chi connectivity index (χ0) is 17.6. The van der Waals surface area contributed by atoms with Crippen LogP contribution in [0.25, 0.3) is 33.1 Å². The highest BCUT2D eigenvalue weighted by molar-refractivity contribution is 6.07. The van der Waals surface area contributed by atoms with Gasteiger partial charge in [0, 0.05) is 30.6 Å². The molecule has 0 N–H and O–H groups in total. The Kier molecular flexibility index (Phi) is 3.58. The highest BCUT2D eigenvalue weighted by Crippen LogP contribution is 2.31. The van der Waals surface area contributed by atoms with E-state index in [1.807, 2.05) is 38.4 Å². The van der Waals surface area contributed by atoms with Crippen molar-refractivity contribution in [3.8, 4) is 0 Å². The molecule has 0 unspecified atom stereocenters. The van der Waals surface area contributed by atoms with Crippen molar-refractivity contribution in [2.75, 3.05) is 20.6 Å². The molecule has 0 aliphatic carbocycles. The van der Waals surface area contributed by atoms with Gasteiger partial charge in [-0.25, -0.2) is 9.97 Å². The lowest BCUT2D eigenvalue weighted by Gasteiger charge is -2.12. The molecule has 0 fully saturated rings. The summed E-state index contributed by atoms with van der Waals surface area (Å²) in [5.74, 6) is 0. The van der Waals surface area contributed by atoms with Crippen molar-refractivity contribution in [2.45, 2.75) is 6.54 Å². The number of fused-ring (bicyclic) bond motifs is 4. The first-order valence-corrected chi connectivity index (χ1v) is 8.02. The number of nitro groups is 1. The molecule has 0 amide bonds. The van der Waals surface area contributed by atoms with E-state index >= 15 is 0 Å². The van der Waals surface area contributed by atoms with Crippen molar-refractivity contribution < 1.29 is 4.92 Å². The third-order valence-corrected chi connectivity index (χ3v) is 4.32. The summed E-state index contributed by atoms with van der Waals surface area (Å²) in [5, 5.41) is 11.9. The molecule has 7 heteroatoms. The van der Waals surface area contributed by atoms with Gasteiger partial charge in [0.2, 0.25) is 0 Å². The Morgan fingerprint density at radius 2 is 1.84 bits per heavy atom. The number of non-ortho nitro benzene ring substituents is 1. The monoisotopic (exact) mass is 335 g/mol. The highest BCUT2D eigenvalue weighted by Gasteiger charge is 2.17. The van der Waals surface area contributed by atoms with Crippen LogP contribution in [0.5, 0.6) is 0 Å². The molecule has 2 aromatic heterocycles. The van der Waals surface area contributed by atoms with Crippen LogP contribution in [-0.2, 0) is 6.54 Å². The fourth-order valence-corrected chi connectivity index (χ4v) is 3.06. The van der Waals surface area contributed by atoms with Crippen LogP contribution in [0.4, 0.5) is 5.69 Å². The summed E-state index contributed by atoms with van der Waals surface area (Å²) in [7, 11) is 4.03. The molecular weight excluding hydrogens is 318 g/mol. The maximum Gasteiger partial charge on any atom is 0.270 e. The fourth-order valence-electron chi connectivity index (χ4n) is 3.06. The summed E-state index contributed by atoms with van der Waals surface area (Å²) in [6, 6.07) is 12.6. The number of hydrogen-bond donors (Lipinski definition) is 0. The van der Waals surface area contributed by atoms with Gasteiger partial charge in [-0.05, 0) is 32.3 Å². The molecule has 0 aliphatic rings. The van der Waals surface area contributed by atoms with Crippen molar-refractivity contribution >= 4 is 38.8 Å². The van der Waals surface area contributed by atoms with Crippen molar-refractivity contribution in [1.82, 2.24) is 19.4 Å². The molecule has 4 aromatic rings. The van der Waals surface area contributed by atoms with Crippen LogP contribution < -0.4 is 0 Å². The first-order chi connectivity index (χ1) is 12.0. The lowest BCUT2D eigenvalue weighted by molar-refractivity contribution is -0.384. The van der Waals surface area contributed by atoms with Crippen LogP contribution in [0.3, 0.4) is 0 Å². The molecule has 7 nitrogen and oxygen atoms in total. The second kappa shape index (κ2) is 5.78. The van der Waals surface area contributed by atoms with Crippen LogP contribution in [0.1, 0.15) is 0 Å². The Morgan fingerprint density at radius 1 is 1.12 bits per heavy atom. The first kappa shape index (κ1) is 15.5. The normalized spacial score (nSPS) is 11.8. The molecule has 126 valence electrons. The maximum atomic E-state index is 11.2. The number of para-hydroxylation sites is 2. The van der Waals surface area contributed by atoms with Crippen molar-refractivity contribution in [1.29, 1.82) is 0 Å². The van der Waals surface area contributed by atoms with E-state index < -0.39 is 0 Å². The first-order valence-electron chi connectivity index (χ1n) is 8.02. The lowest BCUT2D eigenvalue weighted by atomic mass is 10.2. The summed E-state index contributed by atoms with van der Waals surface area (Å²) in [6.07, 6.45) is 0. The van der Waals surface area contributed by atoms with E-state index in [2.05, 4.69) is 9.47 Å². The molecule has 2 heterocycles. The van der Waals surface area contributed by atoms with Gasteiger partial charge in [-0.3, -0.25) is 10.1 Å². The molecule has 0 bridgehead atoms. The van der Waals surface area contributed by atoms with Crippen LogP contribution in [0.15, 0.2) is 42.5 Å². The zero-order valence-corrected chi connectivity index (χ0v) is 14.0. The average molecular weight is 335 g/mol.